The lowest BCUT2D eigenvalue weighted by Gasteiger charge is -2.11. The predicted molar refractivity (Wildman–Crippen MR) is 73.3 cm³/mol. The first-order valence-corrected chi connectivity index (χ1v) is 6.10. The van der Waals surface area contributed by atoms with Crippen LogP contribution in [0.5, 0.6) is 0 Å². The van der Waals surface area contributed by atoms with E-state index in [0.29, 0.717) is 17.9 Å². The second-order valence-electron chi connectivity index (χ2n) is 4.42. The van der Waals surface area contributed by atoms with E-state index < -0.39 is 11.7 Å². The molecule has 4 N–H and O–H groups in total. The Morgan fingerprint density at radius 3 is 2.43 bits per heavy atom. The highest BCUT2D eigenvalue weighted by molar-refractivity contribution is 5.46. The van der Waals surface area contributed by atoms with E-state index >= 15 is 0 Å². The summed E-state index contributed by atoms with van der Waals surface area (Å²) in [5.74, 6) is 6.05. The van der Waals surface area contributed by atoms with E-state index in [1.54, 1.807) is 6.20 Å². The van der Waals surface area contributed by atoms with Crippen LogP contribution < -0.4 is 16.6 Å². The van der Waals surface area contributed by atoms with E-state index in [4.69, 9.17) is 5.84 Å². The zero-order chi connectivity index (χ0) is 15.5. The Hall–Kier alpha value is -2.35. The van der Waals surface area contributed by atoms with Crippen LogP contribution in [-0.2, 0) is 12.7 Å². The van der Waals surface area contributed by atoms with Gasteiger partial charge in [-0.3, -0.25) is 5.43 Å². The van der Waals surface area contributed by atoms with Gasteiger partial charge in [0.25, 0.3) is 0 Å². The molecule has 8 heteroatoms. The molecule has 5 nitrogen and oxygen atoms in total. The minimum Gasteiger partial charge on any atom is -0.366 e. The van der Waals surface area contributed by atoms with Gasteiger partial charge in [-0.15, -0.1) is 0 Å². The van der Waals surface area contributed by atoms with Crippen molar-refractivity contribution >= 4 is 11.8 Å². The molecule has 0 radical (unpaired) electrons. The van der Waals surface area contributed by atoms with Gasteiger partial charge in [0.1, 0.15) is 5.82 Å². The van der Waals surface area contributed by atoms with Crippen molar-refractivity contribution < 1.29 is 13.2 Å². The lowest BCUT2D eigenvalue weighted by molar-refractivity contribution is -0.137. The van der Waals surface area contributed by atoms with E-state index in [0.717, 1.165) is 17.7 Å². The van der Waals surface area contributed by atoms with Gasteiger partial charge in [0.15, 0.2) is 0 Å². The highest BCUT2D eigenvalue weighted by Gasteiger charge is 2.29. The van der Waals surface area contributed by atoms with Gasteiger partial charge in [-0.05, 0) is 24.6 Å². The number of hydrogen-bond donors (Lipinski definition) is 3. The molecule has 0 aliphatic heterocycles. The molecule has 0 fully saturated rings. The SMILES string of the molecule is Cc1cnc(NN)nc1NCc1ccc(C(F)(F)F)cc1. The first-order valence-electron chi connectivity index (χ1n) is 6.10. The topological polar surface area (TPSA) is 75.9 Å². The fourth-order valence-corrected chi connectivity index (χ4v) is 1.69. The van der Waals surface area contributed by atoms with Crippen molar-refractivity contribution in [3.05, 3.63) is 47.2 Å². The summed E-state index contributed by atoms with van der Waals surface area (Å²) in [4.78, 5) is 8.06. The quantitative estimate of drug-likeness (QED) is 0.597. The minimum atomic E-state index is -4.32. The maximum Gasteiger partial charge on any atom is 0.416 e. The van der Waals surface area contributed by atoms with Crippen molar-refractivity contribution in [2.24, 2.45) is 5.84 Å². The average molecular weight is 297 g/mol. The lowest BCUT2D eigenvalue weighted by atomic mass is 10.1. The molecule has 0 saturated carbocycles. The molecule has 21 heavy (non-hydrogen) atoms. The van der Waals surface area contributed by atoms with Gasteiger partial charge in [0.05, 0.1) is 5.56 Å². The van der Waals surface area contributed by atoms with Crippen LogP contribution in [0.2, 0.25) is 0 Å². The molecule has 0 aliphatic carbocycles. The third-order valence-electron chi connectivity index (χ3n) is 2.84. The summed E-state index contributed by atoms with van der Waals surface area (Å²) in [6.45, 7) is 2.16. The second-order valence-corrected chi connectivity index (χ2v) is 4.42. The second kappa shape index (κ2) is 5.96. The van der Waals surface area contributed by atoms with E-state index in [2.05, 4.69) is 20.7 Å². The first kappa shape index (κ1) is 15.0. The van der Waals surface area contributed by atoms with E-state index in [9.17, 15) is 13.2 Å². The van der Waals surface area contributed by atoms with Gasteiger partial charge in [0, 0.05) is 18.3 Å². The maximum absolute atomic E-state index is 12.5. The molecule has 0 amide bonds. The van der Waals surface area contributed by atoms with E-state index in [-0.39, 0.29) is 5.95 Å². The number of hydrazine groups is 1. The Morgan fingerprint density at radius 1 is 1.19 bits per heavy atom. The molecular weight excluding hydrogens is 283 g/mol. The predicted octanol–water partition coefficient (Wildman–Crippen LogP) is 2.70. The standard InChI is InChI=1S/C13H14F3N5/c1-8-6-19-12(21-17)20-11(8)18-7-9-2-4-10(5-3-9)13(14,15)16/h2-6H,7,17H2,1H3,(H2,18,19,20,21). The molecular formula is C13H14F3N5. The third-order valence-corrected chi connectivity index (χ3v) is 2.84. The van der Waals surface area contributed by atoms with Gasteiger partial charge >= 0.3 is 6.18 Å². The smallest absolute Gasteiger partial charge is 0.366 e. The van der Waals surface area contributed by atoms with Crippen LogP contribution in [0.1, 0.15) is 16.7 Å². The number of aryl methyl sites for hydroxylation is 1. The molecule has 1 aromatic heterocycles. The molecule has 0 bridgehead atoms. The Bertz CT molecular complexity index is 610. The Kier molecular flexibility index (Phi) is 4.27. The number of rotatable bonds is 4. The highest BCUT2D eigenvalue weighted by Crippen LogP contribution is 2.29. The summed E-state index contributed by atoms with van der Waals surface area (Å²) in [5.41, 5.74) is 3.18. The van der Waals surface area contributed by atoms with Crippen LogP contribution in [0.3, 0.4) is 0 Å². The Balaban J connectivity index is 2.06. The summed E-state index contributed by atoms with van der Waals surface area (Å²) >= 11 is 0. The molecule has 2 rings (SSSR count). The summed E-state index contributed by atoms with van der Waals surface area (Å²) < 4.78 is 37.4. The number of nitrogens with zero attached hydrogens (tertiary/aromatic N) is 2. The molecule has 0 saturated heterocycles. The van der Waals surface area contributed by atoms with Crippen LogP contribution in [-0.4, -0.2) is 9.97 Å². The molecule has 2 aromatic rings. The molecule has 0 atom stereocenters. The number of benzene rings is 1. The van der Waals surface area contributed by atoms with Crippen molar-refractivity contribution in [1.82, 2.24) is 9.97 Å². The minimum absolute atomic E-state index is 0.260. The fraction of sp³-hybridized carbons (Fsp3) is 0.231. The number of nitrogens with one attached hydrogen (secondary N) is 2. The van der Waals surface area contributed by atoms with Gasteiger partial charge in [-0.2, -0.15) is 18.2 Å². The normalized spacial score (nSPS) is 11.3. The van der Waals surface area contributed by atoms with Gasteiger partial charge < -0.3 is 5.32 Å². The maximum atomic E-state index is 12.5. The number of anilines is 2. The zero-order valence-electron chi connectivity index (χ0n) is 11.2. The Labute approximate surface area is 119 Å². The van der Waals surface area contributed by atoms with E-state index in [1.807, 2.05) is 6.92 Å². The first-order chi connectivity index (χ1) is 9.90. The average Bonchev–Trinajstić information content (AvgIpc) is 2.46. The summed E-state index contributed by atoms with van der Waals surface area (Å²) in [6.07, 6.45) is -2.73. The van der Waals surface area contributed by atoms with Crippen molar-refractivity contribution in [2.45, 2.75) is 19.6 Å². The van der Waals surface area contributed by atoms with Crippen LogP contribution >= 0.6 is 0 Å². The number of hydrogen-bond acceptors (Lipinski definition) is 5. The monoisotopic (exact) mass is 297 g/mol. The van der Waals surface area contributed by atoms with Crippen LogP contribution in [0.4, 0.5) is 24.9 Å². The van der Waals surface area contributed by atoms with Crippen molar-refractivity contribution in [3.63, 3.8) is 0 Å². The van der Waals surface area contributed by atoms with Crippen molar-refractivity contribution in [1.29, 1.82) is 0 Å². The number of nitrogens with two attached hydrogens (primary N) is 1. The lowest BCUT2D eigenvalue weighted by Crippen LogP contribution is -2.12. The molecule has 1 heterocycles. The van der Waals surface area contributed by atoms with Gasteiger partial charge in [0.2, 0.25) is 5.95 Å². The number of nitrogen functional groups attached to an aromatic ring is 1. The third kappa shape index (κ3) is 3.82. The summed E-state index contributed by atoms with van der Waals surface area (Å²) in [5, 5.41) is 3.03. The van der Waals surface area contributed by atoms with E-state index in [1.165, 1.54) is 12.1 Å². The molecule has 0 unspecified atom stereocenters. The largest absolute Gasteiger partial charge is 0.416 e. The molecule has 1 aromatic carbocycles. The van der Waals surface area contributed by atoms with Gasteiger partial charge in [-0.25, -0.2) is 10.8 Å². The number of alkyl halides is 3. The van der Waals surface area contributed by atoms with Crippen LogP contribution in [0.15, 0.2) is 30.5 Å². The van der Waals surface area contributed by atoms with Crippen LogP contribution in [0.25, 0.3) is 0 Å². The summed E-state index contributed by atoms with van der Waals surface area (Å²) in [7, 11) is 0. The summed E-state index contributed by atoms with van der Waals surface area (Å²) in [6, 6.07) is 4.95. The fourth-order valence-electron chi connectivity index (χ4n) is 1.69. The number of halogens is 3. The number of aromatic nitrogens is 2. The highest BCUT2D eigenvalue weighted by atomic mass is 19.4. The molecule has 0 aliphatic rings. The Morgan fingerprint density at radius 2 is 1.86 bits per heavy atom. The van der Waals surface area contributed by atoms with Crippen molar-refractivity contribution in [3.8, 4) is 0 Å². The van der Waals surface area contributed by atoms with Crippen molar-refractivity contribution in [2.75, 3.05) is 10.7 Å². The van der Waals surface area contributed by atoms with Gasteiger partial charge in [-0.1, -0.05) is 12.1 Å². The van der Waals surface area contributed by atoms with Crippen LogP contribution in [0, 0.1) is 6.92 Å². The molecule has 112 valence electrons. The zero-order valence-corrected chi connectivity index (χ0v) is 11.2. The molecule has 0 spiro atoms.